The topological polar surface area (TPSA) is 38.9 Å². The fraction of sp³-hybridized carbons (Fsp3) is 0.167. The fourth-order valence-corrected chi connectivity index (χ4v) is 2.62. The normalized spacial score (nSPS) is 10.9. The van der Waals surface area contributed by atoms with Crippen LogP contribution in [0.1, 0.15) is 5.56 Å². The van der Waals surface area contributed by atoms with Gasteiger partial charge < -0.3 is 5.73 Å². The van der Waals surface area contributed by atoms with Crippen molar-refractivity contribution in [2.24, 2.45) is 0 Å². The minimum atomic E-state index is 0.841. The molecule has 0 saturated carbocycles. The number of nitrogen functional groups attached to an aromatic ring is 1. The lowest BCUT2D eigenvalue weighted by molar-refractivity contribution is 1.54. The molecule has 0 radical (unpaired) electrons. The van der Waals surface area contributed by atoms with Gasteiger partial charge in [0.25, 0.3) is 0 Å². The summed E-state index contributed by atoms with van der Waals surface area (Å²) in [4.78, 5) is 0. The minimum Gasteiger partial charge on any atom is -0.388 e. The summed E-state index contributed by atoms with van der Waals surface area (Å²) in [5.41, 5.74) is 7.96. The molecule has 2 nitrogen and oxygen atoms in total. The Bertz CT molecular complexity index is 325. The van der Waals surface area contributed by atoms with Gasteiger partial charge in [0, 0.05) is 0 Å². The quantitative estimate of drug-likeness (QED) is 0.658. The van der Waals surface area contributed by atoms with E-state index >= 15 is 0 Å². The highest BCUT2D eigenvalue weighted by atomic mass is 32.1. The SMILES string of the molecule is Cc1csc2c(N)snc12. The Morgan fingerprint density at radius 3 is 3.10 bits per heavy atom. The second-order valence-corrected chi connectivity index (χ2v) is 3.83. The largest absolute Gasteiger partial charge is 0.388 e. The Morgan fingerprint density at radius 1 is 1.60 bits per heavy atom. The van der Waals surface area contributed by atoms with Gasteiger partial charge in [-0.25, -0.2) is 0 Å². The predicted molar refractivity (Wildman–Crippen MR) is 46.6 cm³/mol. The Balaban J connectivity index is 2.95. The van der Waals surface area contributed by atoms with Crippen molar-refractivity contribution in [1.82, 2.24) is 4.37 Å². The highest BCUT2D eigenvalue weighted by molar-refractivity contribution is 7.23. The van der Waals surface area contributed by atoms with Gasteiger partial charge in [-0.3, -0.25) is 0 Å². The molecule has 0 fully saturated rings. The second-order valence-electron chi connectivity index (χ2n) is 2.14. The van der Waals surface area contributed by atoms with Gasteiger partial charge in [-0.2, -0.15) is 4.37 Å². The summed E-state index contributed by atoms with van der Waals surface area (Å²) in [7, 11) is 0. The molecule has 0 atom stereocenters. The monoisotopic (exact) mass is 170 g/mol. The van der Waals surface area contributed by atoms with Gasteiger partial charge >= 0.3 is 0 Å². The molecule has 2 aromatic heterocycles. The van der Waals surface area contributed by atoms with Gasteiger partial charge in [-0.1, -0.05) is 0 Å². The van der Waals surface area contributed by atoms with E-state index in [-0.39, 0.29) is 0 Å². The summed E-state index contributed by atoms with van der Waals surface area (Å²) in [6, 6.07) is 0. The zero-order chi connectivity index (χ0) is 7.14. The predicted octanol–water partition coefficient (Wildman–Crippen LogP) is 2.25. The first-order valence-electron chi connectivity index (χ1n) is 2.88. The van der Waals surface area contributed by atoms with Gasteiger partial charge in [-0.15, -0.1) is 11.3 Å². The van der Waals surface area contributed by atoms with Crippen LogP contribution in [0.4, 0.5) is 5.00 Å². The molecule has 0 aliphatic carbocycles. The standard InChI is InChI=1S/C6H6N2S2/c1-3-2-9-5-4(3)8-10-6(5)7/h2H,7H2,1H3. The number of hydrogen-bond donors (Lipinski definition) is 1. The average Bonchev–Trinajstić information content (AvgIpc) is 2.41. The molecule has 2 heterocycles. The van der Waals surface area contributed by atoms with Crippen molar-refractivity contribution in [2.75, 3.05) is 5.73 Å². The molecular formula is C6H6N2S2. The first-order chi connectivity index (χ1) is 4.79. The number of fused-ring (bicyclic) bond motifs is 1. The molecule has 10 heavy (non-hydrogen) atoms. The Morgan fingerprint density at radius 2 is 2.40 bits per heavy atom. The summed E-state index contributed by atoms with van der Waals surface area (Å²) >= 11 is 3.05. The summed E-state index contributed by atoms with van der Waals surface area (Å²) < 4.78 is 5.35. The summed E-state index contributed by atoms with van der Waals surface area (Å²) in [5, 5.41) is 2.92. The van der Waals surface area contributed by atoms with E-state index in [0.29, 0.717) is 0 Å². The van der Waals surface area contributed by atoms with Gasteiger partial charge in [0.2, 0.25) is 0 Å². The van der Waals surface area contributed by atoms with E-state index in [0.717, 1.165) is 15.2 Å². The van der Waals surface area contributed by atoms with Crippen LogP contribution in [0.15, 0.2) is 5.38 Å². The molecule has 0 aromatic carbocycles. The lowest BCUT2D eigenvalue weighted by Crippen LogP contribution is -1.74. The molecule has 0 aliphatic rings. The van der Waals surface area contributed by atoms with Crippen LogP contribution >= 0.6 is 22.9 Å². The average molecular weight is 170 g/mol. The Kier molecular flexibility index (Phi) is 1.18. The van der Waals surface area contributed by atoms with Crippen molar-refractivity contribution in [3.8, 4) is 0 Å². The molecule has 0 bridgehead atoms. The maximum atomic E-state index is 5.66. The molecule has 2 N–H and O–H groups in total. The van der Waals surface area contributed by atoms with Crippen LogP contribution in [0.2, 0.25) is 0 Å². The molecule has 2 rings (SSSR count). The van der Waals surface area contributed by atoms with Crippen molar-refractivity contribution in [2.45, 2.75) is 6.92 Å². The molecule has 0 spiro atoms. The second kappa shape index (κ2) is 1.93. The van der Waals surface area contributed by atoms with Gasteiger partial charge in [0.05, 0.1) is 10.2 Å². The third-order valence-corrected chi connectivity index (χ3v) is 3.33. The van der Waals surface area contributed by atoms with Crippen molar-refractivity contribution in [3.63, 3.8) is 0 Å². The van der Waals surface area contributed by atoms with Crippen LogP contribution in [-0.2, 0) is 0 Å². The van der Waals surface area contributed by atoms with Crippen molar-refractivity contribution < 1.29 is 0 Å². The van der Waals surface area contributed by atoms with E-state index in [1.165, 1.54) is 17.1 Å². The smallest absolute Gasteiger partial charge is 0.124 e. The van der Waals surface area contributed by atoms with E-state index in [4.69, 9.17) is 5.73 Å². The zero-order valence-electron chi connectivity index (χ0n) is 5.42. The van der Waals surface area contributed by atoms with Gasteiger partial charge in [0.1, 0.15) is 5.00 Å². The van der Waals surface area contributed by atoms with E-state index in [9.17, 15) is 0 Å². The molecule has 52 valence electrons. The van der Waals surface area contributed by atoms with Crippen LogP contribution in [0, 0.1) is 6.92 Å². The molecule has 0 amide bonds. The van der Waals surface area contributed by atoms with Gasteiger partial charge in [0.15, 0.2) is 0 Å². The zero-order valence-corrected chi connectivity index (χ0v) is 7.05. The third-order valence-electron chi connectivity index (χ3n) is 1.40. The molecule has 0 unspecified atom stereocenters. The third kappa shape index (κ3) is 0.660. The minimum absolute atomic E-state index is 0.841. The number of aromatic nitrogens is 1. The number of nitrogens with zero attached hydrogens (tertiary/aromatic N) is 1. The van der Waals surface area contributed by atoms with E-state index in [1.807, 2.05) is 0 Å². The van der Waals surface area contributed by atoms with E-state index < -0.39 is 0 Å². The number of thiophene rings is 1. The lowest BCUT2D eigenvalue weighted by atomic mass is 10.3. The lowest BCUT2D eigenvalue weighted by Gasteiger charge is -1.75. The van der Waals surface area contributed by atoms with Crippen molar-refractivity contribution >= 4 is 38.1 Å². The highest BCUT2D eigenvalue weighted by Gasteiger charge is 2.05. The summed E-state index contributed by atoms with van der Waals surface area (Å²) in [6.07, 6.45) is 0. The molecule has 4 heteroatoms. The van der Waals surface area contributed by atoms with Crippen LogP contribution in [-0.4, -0.2) is 4.37 Å². The fourth-order valence-electron chi connectivity index (χ4n) is 0.863. The van der Waals surface area contributed by atoms with Crippen molar-refractivity contribution in [3.05, 3.63) is 10.9 Å². The summed E-state index contributed by atoms with van der Waals surface area (Å²) in [6.45, 7) is 2.05. The Labute approximate surface area is 66.5 Å². The molecule has 0 saturated heterocycles. The maximum Gasteiger partial charge on any atom is 0.124 e. The van der Waals surface area contributed by atoms with Gasteiger partial charge in [-0.05, 0) is 29.4 Å². The van der Waals surface area contributed by atoms with E-state index in [1.54, 1.807) is 11.3 Å². The number of rotatable bonds is 0. The number of anilines is 1. The highest BCUT2D eigenvalue weighted by Crippen LogP contribution is 2.32. The summed E-state index contributed by atoms with van der Waals surface area (Å²) in [5.74, 6) is 0. The molecule has 0 aliphatic heterocycles. The van der Waals surface area contributed by atoms with Crippen LogP contribution in [0.3, 0.4) is 0 Å². The Hall–Kier alpha value is -0.610. The van der Waals surface area contributed by atoms with Crippen LogP contribution < -0.4 is 5.73 Å². The first kappa shape index (κ1) is 6.12. The molecule has 2 aromatic rings. The first-order valence-corrected chi connectivity index (χ1v) is 4.53. The van der Waals surface area contributed by atoms with Crippen LogP contribution in [0.5, 0.6) is 0 Å². The maximum absolute atomic E-state index is 5.66. The molecular weight excluding hydrogens is 164 g/mol. The van der Waals surface area contributed by atoms with Crippen LogP contribution in [0.25, 0.3) is 10.2 Å². The van der Waals surface area contributed by atoms with E-state index in [2.05, 4.69) is 16.7 Å². The van der Waals surface area contributed by atoms with Crippen molar-refractivity contribution in [1.29, 1.82) is 0 Å². The number of hydrogen-bond acceptors (Lipinski definition) is 4. The number of aryl methyl sites for hydroxylation is 1. The number of nitrogens with two attached hydrogens (primary N) is 1.